The number of imidazole rings is 1. The number of para-hydroxylation sites is 2. The molecule has 1 N–H and O–H groups in total. The standard InChI is InChI=1S/C14H20N4O2S/c1-2-21(19,20)18-9-7-17(8-10-18)11-14-15-12-5-3-4-6-13(12)16-14/h3-6H,2,7-11H2,1H3,(H,15,16). The smallest absolute Gasteiger partial charge is 0.213 e. The minimum Gasteiger partial charge on any atom is -0.341 e. The Morgan fingerprint density at radius 1 is 1.19 bits per heavy atom. The van der Waals surface area contributed by atoms with Crippen LogP contribution in [0.4, 0.5) is 0 Å². The van der Waals surface area contributed by atoms with Crippen molar-refractivity contribution >= 4 is 21.1 Å². The first kappa shape index (κ1) is 14.5. The summed E-state index contributed by atoms with van der Waals surface area (Å²) in [5.41, 5.74) is 2.01. The number of piperazine rings is 1. The fourth-order valence-corrected chi connectivity index (χ4v) is 3.73. The van der Waals surface area contributed by atoms with Crippen molar-refractivity contribution in [1.29, 1.82) is 0 Å². The summed E-state index contributed by atoms with van der Waals surface area (Å²) in [6.45, 7) is 5.05. The summed E-state index contributed by atoms with van der Waals surface area (Å²) in [6, 6.07) is 7.96. The molecule has 2 aromatic rings. The van der Waals surface area contributed by atoms with E-state index in [0.29, 0.717) is 13.1 Å². The lowest BCUT2D eigenvalue weighted by Crippen LogP contribution is -2.48. The number of H-pyrrole nitrogens is 1. The highest BCUT2D eigenvalue weighted by atomic mass is 32.2. The van der Waals surface area contributed by atoms with Crippen molar-refractivity contribution in [2.24, 2.45) is 0 Å². The first-order valence-electron chi connectivity index (χ1n) is 7.22. The summed E-state index contributed by atoms with van der Waals surface area (Å²) in [5.74, 6) is 1.11. The van der Waals surface area contributed by atoms with E-state index in [0.717, 1.165) is 36.5 Å². The van der Waals surface area contributed by atoms with Gasteiger partial charge in [0.05, 0.1) is 23.3 Å². The first-order chi connectivity index (χ1) is 10.1. The monoisotopic (exact) mass is 308 g/mol. The van der Waals surface area contributed by atoms with Crippen molar-refractivity contribution in [2.75, 3.05) is 31.9 Å². The molecule has 1 aliphatic rings. The van der Waals surface area contributed by atoms with E-state index in [1.54, 1.807) is 11.2 Å². The number of nitrogens with zero attached hydrogens (tertiary/aromatic N) is 3. The second-order valence-electron chi connectivity index (χ2n) is 5.28. The van der Waals surface area contributed by atoms with Crippen molar-refractivity contribution < 1.29 is 8.42 Å². The Hall–Kier alpha value is -1.44. The zero-order valence-electron chi connectivity index (χ0n) is 12.1. The molecule has 1 aliphatic heterocycles. The van der Waals surface area contributed by atoms with E-state index in [1.807, 2.05) is 24.3 Å². The maximum atomic E-state index is 11.8. The van der Waals surface area contributed by atoms with Crippen LogP contribution in [-0.2, 0) is 16.6 Å². The second-order valence-corrected chi connectivity index (χ2v) is 7.53. The van der Waals surface area contributed by atoms with Crippen LogP contribution in [0.3, 0.4) is 0 Å². The molecule has 0 unspecified atom stereocenters. The molecule has 0 aliphatic carbocycles. The molecule has 0 spiro atoms. The van der Waals surface area contributed by atoms with Gasteiger partial charge in [0.15, 0.2) is 0 Å². The van der Waals surface area contributed by atoms with Crippen LogP contribution in [0.1, 0.15) is 12.7 Å². The molecular weight excluding hydrogens is 288 g/mol. The van der Waals surface area contributed by atoms with Gasteiger partial charge in [-0.2, -0.15) is 4.31 Å². The fraction of sp³-hybridized carbons (Fsp3) is 0.500. The van der Waals surface area contributed by atoms with Gasteiger partial charge in [-0.05, 0) is 19.1 Å². The summed E-state index contributed by atoms with van der Waals surface area (Å²) < 4.78 is 25.2. The molecule has 0 amide bonds. The molecule has 0 saturated carbocycles. The lowest BCUT2D eigenvalue weighted by molar-refractivity contribution is 0.178. The average molecular weight is 308 g/mol. The number of benzene rings is 1. The molecule has 1 saturated heterocycles. The van der Waals surface area contributed by atoms with E-state index in [-0.39, 0.29) is 5.75 Å². The number of aromatic nitrogens is 2. The SMILES string of the molecule is CCS(=O)(=O)N1CCN(Cc2nc3ccccc3[nH]2)CC1. The Morgan fingerprint density at radius 3 is 2.57 bits per heavy atom. The number of fused-ring (bicyclic) bond motifs is 1. The Bertz CT molecular complexity index is 684. The van der Waals surface area contributed by atoms with Crippen molar-refractivity contribution in [3.05, 3.63) is 30.1 Å². The number of hydrogen-bond donors (Lipinski definition) is 1. The Kier molecular flexibility index (Phi) is 3.97. The van der Waals surface area contributed by atoms with Crippen molar-refractivity contribution in [3.8, 4) is 0 Å². The van der Waals surface area contributed by atoms with E-state index < -0.39 is 10.0 Å². The highest BCUT2D eigenvalue weighted by Crippen LogP contribution is 2.14. The molecule has 3 rings (SSSR count). The van der Waals surface area contributed by atoms with E-state index in [4.69, 9.17) is 0 Å². The van der Waals surface area contributed by atoms with E-state index >= 15 is 0 Å². The van der Waals surface area contributed by atoms with Gasteiger partial charge >= 0.3 is 0 Å². The molecule has 2 heterocycles. The van der Waals surface area contributed by atoms with Crippen LogP contribution in [-0.4, -0.2) is 59.5 Å². The third-order valence-corrected chi connectivity index (χ3v) is 5.78. The molecular formula is C14H20N4O2S. The van der Waals surface area contributed by atoms with Gasteiger partial charge in [0.25, 0.3) is 0 Å². The molecule has 1 aromatic carbocycles. The lowest BCUT2D eigenvalue weighted by Gasteiger charge is -2.33. The Balaban J connectivity index is 1.63. The largest absolute Gasteiger partial charge is 0.341 e. The Labute approximate surface area is 124 Å². The summed E-state index contributed by atoms with van der Waals surface area (Å²) in [6.07, 6.45) is 0. The van der Waals surface area contributed by atoms with Gasteiger partial charge in [-0.3, -0.25) is 4.90 Å². The number of aromatic amines is 1. The van der Waals surface area contributed by atoms with Crippen LogP contribution in [0, 0.1) is 0 Å². The predicted octanol–water partition coefficient (Wildman–Crippen LogP) is 1.03. The van der Waals surface area contributed by atoms with Gasteiger partial charge in [0.2, 0.25) is 10.0 Å². The quantitative estimate of drug-likeness (QED) is 0.916. The van der Waals surface area contributed by atoms with E-state index in [2.05, 4.69) is 14.9 Å². The number of nitrogens with one attached hydrogen (secondary N) is 1. The molecule has 1 fully saturated rings. The molecule has 0 radical (unpaired) electrons. The van der Waals surface area contributed by atoms with Gasteiger partial charge < -0.3 is 4.98 Å². The van der Waals surface area contributed by atoms with Gasteiger partial charge in [-0.25, -0.2) is 13.4 Å². The summed E-state index contributed by atoms with van der Waals surface area (Å²) in [5, 5.41) is 0. The van der Waals surface area contributed by atoms with E-state index in [9.17, 15) is 8.42 Å². The molecule has 114 valence electrons. The zero-order chi connectivity index (χ0) is 14.9. The molecule has 7 heteroatoms. The topological polar surface area (TPSA) is 69.3 Å². The van der Waals surface area contributed by atoms with Crippen molar-refractivity contribution in [2.45, 2.75) is 13.5 Å². The zero-order valence-corrected chi connectivity index (χ0v) is 12.9. The van der Waals surface area contributed by atoms with E-state index in [1.165, 1.54) is 0 Å². The minimum absolute atomic E-state index is 0.177. The van der Waals surface area contributed by atoms with Gasteiger partial charge in [0.1, 0.15) is 5.82 Å². The third-order valence-electron chi connectivity index (χ3n) is 3.90. The number of rotatable bonds is 4. The van der Waals surface area contributed by atoms with Crippen LogP contribution in [0.2, 0.25) is 0 Å². The average Bonchev–Trinajstić information content (AvgIpc) is 2.90. The summed E-state index contributed by atoms with van der Waals surface area (Å²) in [4.78, 5) is 10.1. The van der Waals surface area contributed by atoms with Crippen molar-refractivity contribution in [1.82, 2.24) is 19.2 Å². The highest BCUT2D eigenvalue weighted by molar-refractivity contribution is 7.89. The molecule has 21 heavy (non-hydrogen) atoms. The number of hydrogen-bond acceptors (Lipinski definition) is 4. The molecule has 6 nitrogen and oxygen atoms in total. The normalized spacial score (nSPS) is 18.3. The first-order valence-corrected chi connectivity index (χ1v) is 8.83. The van der Waals surface area contributed by atoms with Gasteiger partial charge in [0, 0.05) is 26.2 Å². The van der Waals surface area contributed by atoms with Gasteiger partial charge in [-0.1, -0.05) is 12.1 Å². The van der Waals surface area contributed by atoms with Crippen LogP contribution >= 0.6 is 0 Å². The predicted molar refractivity (Wildman–Crippen MR) is 82.4 cm³/mol. The minimum atomic E-state index is -3.05. The second kappa shape index (κ2) is 5.75. The van der Waals surface area contributed by atoms with Gasteiger partial charge in [-0.15, -0.1) is 0 Å². The van der Waals surface area contributed by atoms with Crippen LogP contribution < -0.4 is 0 Å². The highest BCUT2D eigenvalue weighted by Gasteiger charge is 2.25. The third kappa shape index (κ3) is 3.09. The molecule has 1 aromatic heterocycles. The number of sulfonamides is 1. The maximum Gasteiger partial charge on any atom is 0.213 e. The summed E-state index contributed by atoms with van der Waals surface area (Å²) in [7, 11) is -3.05. The van der Waals surface area contributed by atoms with Crippen molar-refractivity contribution in [3.63, 3.8) is 0 Å². The molecule has 0 atom stereocenters. The van der Waals surface area contributed by atoms with Crippen LogP contribution in [0.5, 0.6) is 0 Å². The lowest BCUT2D eigenvalue weighted by atomic mass is 10.3. The van der Waals surface area contributed by atoms with Crippen LogP contribution in [0.15, 0.2) is 24.3 Å². The summed E-state index contributed by atoms with van der Waals surface area (Å²) >= 11 is 0. The molecule has 0 bridgehead atoms. The Morgan fingerprint density at radius 2 is 1.90 bits per heavy atom. The van der Waals surface area contributed by atoms with Crippen LogP contribution in [0.25, 0.3) is 11.0 Å². The fourth-order valence-electron chi connectivity index (χ4n) is 2.64. The maximum absolute atomic E-state index is 11.8.